The lowest BCUT2D eigenvalue weighted by Crippen LogP contribution is -2.44. The molecule has 1 atom stereocenters. The van der Waals surface area contributed by atoms with Crippen molar-refractivity contribution in [1.29, 1.82) is 0 Å². The van der Waals surface area contributed by atoms with Gasteiger partial charge in [-0.2, -0.15) is 0 Å². The van der Waals surface area contributed by atoms with Gasteiger partial charge in [0.05, 0.1) is 0 Å². The summed E-state index contributed by atoms with van der Waals surface area (Å²) in [6, 6.07) is -0.258. The van der Waals surface area contributed by atoms with Crippen LogP contribution in [0.1, 0.15) is 13.3 Å². The number of hydrogen-bond donors (Lipinski definition) is 0. The fraction of sp³-hybridized carbons (Fsp3) is 0.625. The highest BCUT2D eigenvalue weighted by atomic mass is 16.2. The molecule has 1 aliphatic rings. The molecule has 0 bridgehead atoms. The Balaban J connectivity index is 3.06. The zero-order valence-corrected chi connectivity index (χ0v) is 7.63. The Morgan fingerprint density at radius 2 is 1.92 bits per heavy atom. The van der Waals surface area contributed by atoms with Gasteiger partial charge >= 0.3 is 6.03 Å². The van der Waals surface area contributed by atoms with Gasteiger partial charge in [0.1, 0.15) is 5.54 Å². The van der Waals surface area contributed by atoms with E-state index in [1.807, 2.05) is 0 Å². The molecule has 0 aromatic carbocycles. The topological polar surface area (TPSA) is 40.6 Å². The van der Waals surface area contributed by atoms with Crippen molar-refractivity contribution in [3.8, 4) is 0 Å². The van der Waals surface area contributed by atoms with E-state index in [0.29, 0.717) is 6.42 Å². The molecule has 0 aromatic rings. The van der Waals surface area contributed by atoms with Crippen molar-refractivity contribution in [1.82, 2.24) is 9.80 Å². The van der Waals surface area contributed by atoms with Gasteiger partial charge in [0, 0.05) is 14.1 Å². The minimum atomic E-state index is -0.744. The summed E-state index contributed by atoms with van der Waals surface area (Å²) in [6.07, 6.45) is 0.401. The number of carbonyl (C=O) groups is 2. The van der Waals surface area contributed by atoms with E-state index in [0.717, 1.165) is 4.90 Å². The van der Waals surface area contributed by atoms with Crippen molar-refractivity contribution >= 4 is 11.9 Å². The Bertz CT molecular complexity index is 239. The number of hydrogen-bond acceptors (Lipinski definition) is 2. The van der Waals surface area contributed by atoms with Crippen LogP contribution in [-0.2, 0) is 4.79 Å². The Hall–Kier alpha value is -1.06. The molecule has 0 aliphatic carbocycles. The highest BCUT2D eigenvalue weighted by Crippen LogP contribution is 2.27. The summed E-state index contributed by atoms with van der Waals surface area (Å²) in [4.78, 5) is 25.4. The van der Waals surface area contributed by atoms with Gasteiger partial charge in [-0.1, -0.05) is 6.92 Å². The van der Waals surface area contributed by atoms with Crippen LogP contribution >= 0.6 is 0 Å². The van der Waals surface area contributed by atoms with Gasteiger partial charge in [-0.15, -0.1) is 0 Å². The quantitative estimate of drug-likeness (QED) is 0.536. The second kappa shape index (κ2) is 2.47. The molecule has 1 rings (SSSR count). The Kier molecular flexibility index (Phi) is 1.86. The first kappa shape index (κ1) is 9.03. The lowest BCUT2D eigenvalue weighted by atomic mass is 9.98. The molecule has 0 N–H and O–H groups in total. The highest BCUT2D eigenvalue weighted by molar-refractivity contribution is 6.06. The molecule has 1 aliphatic heterocycles. The van der Waals surface area contributed by atoms with E-state index in [1.165, 1.54) is 11.9 Å². The van der Waals surface area contributed by atoms with Gasteiger partial charge < -0.3 is 4.90 Å². The van der Waals surface area contributed by atoms with Crippen molar-refractivity contribution in [2.75, 3.05) is 14.1 Å². The minimum absolute atomic E-state index is 0.176. The number of nitrogens with zero attached hydrogens (tertiary/aromatic N) is 2. The second-order valence-electron chi connectivity index (χ2n) is 3.23. The van der Waals surface area contributed by atoms with Gasteiger partial charge in [0.15, 0.2) is 0 Å². The average Bonchev–Trinajstić information content (AvgIpc) is 2.22. The number of urea groups is 1. The standard InChI is InChI=1S/C8H13N2O2/c1-5-8(2)6(11)9(3)7(12)10(8)4/h1,5H2,2-4H3. The molecule has 4 heteroatoms. The summed E-state index contributed by atoms with van der Waals surface area (Å²) in [7, 11) is 3.11. The van der Waals surface area contributed by atoms with E-state index in [-0.39, 0.29) is 11.9 Å². The van der Waals surface area contributed by atoms with Crippen LogP contribution in [0.5, 0.6) is 0 Å². The van der Waals surface area contributed by atoms with Crippen LogP contribution in [0, 0.1) is 6.92 Å². The monoisotopic (exact) mass is 169 g/mol. The zero-order valence-electron chi connectivity index (χ0n) is 7.63. The first-order valence-electron chi connectivity index (χ1n) is 3.80. The molecule has 3 amide bonds. The van der Waals surface area contributed by atoms with Crippen molar-refractivity contribution < 1.29 is 9.59 Å². The molecule has 0 aromatic heterocycles. The molecule has 0 saturated carbocycles. The molecule has 1 fully saturated rings. The smallest absolute Gasteiger partial charge is 0.313 e. The molecular weight excluding hydrogens is 156 g/mol. The van der Waals surface area contributed by atoms with E-state index < -0.39 is 5.54 Å². The summed E-state index contributed by atoms with van der Waals surface area (Å²) >= 11 is 0. The number of rotatable bonds is 1. The molecule has 67 valence electrons. The molecule has 1 unspecified atom stereocenters. The Morgan fingerprint density at radius 1 is 1.42 bits per heavy atom. The molecule has 1 saturated heterocycles. The maximum Gasteiger partial charge on any atom is 0.327 e. The van der Waals surface area contributed by atoms with Gasteiger partial charge in [0.2, 0.25) is 0 Å². The average molecular weight is 169 g/mol. The van der Waals surface area contributed by atoms with Gasteiger partial charge in [-0.25, -0.2) is 4.79 Å². The molecule has 0 spiro atoms. The fourth-order valence-corrected chi connectivity index (χ4v) is 1.30. The largest absolute Gasteiger partial charge is 0.327 e. The number of carbonyl (C=O) groups excluding carboxylic acids is 2. The third-order valence-corrected chi connectivity index (χ3v) is 2.57. The Morgan fingerprint density at radius 3 is 2.08 bits per heavy atom. The zero-order chi connectivity index (χ0) is 9.52. The molecule has 1 radical (unpaired) electrons. The van der Waals surface area contributed by atoms with Crippen LogP contribution < -0.4 is 0 Å². The van der Waals surface area contributed by atoms with Gasteiger partial charge in [-0.3, -0.25) is 9.69 Å². The Labute approximate surface area is 72.1 Å². The fourth-order valence-electron chi connectivity index (χ4n) is 1.30. The maximum absolute atomic E-state index is 11.5. The number of likely N-dealkylation sites (N-methyl/N-ethyl adjacent to an activating group) is 2. The van der Waals surface area contributed by atoms with Crippen molar-refractivity contribution in [2.24, 2.45) is 0 Å². The second-order valence-corrected chi connectivity index (χ2v) is 3.23. The first-order chi connectivity index (χ1) is 5.45. The van der Waals surface area contributed by atoms with Crippen LogP contribution in [0.2, 0.25) is 0 Å². The van der Waals surface area contributed by atoms with E-state index >= 15 is 0 Å². The van der Waals surface area contributed by atoms with Crippen molar-refractivity contribution in [3.05, 3.63) is 6.92 Å². The van der Waals surface area contributed by atoms with Crippen molar-refractivity contribution in [3.63, 3.8) is 0 Å². The number of amides is 3. The van der Waals surface area contributed by atoms with E-state index in [1.54, 1.807) is 14.0 Å². The maximum atomic E-state index is 11.5. The van der Waals surface area contributed by atoms with Crippen LogP contribution in [0.25, 0.3) is 0 Å². The number of imide groups is 1. The van der Waals surface area contributed by atoms with Crippen LogP contribution in [0.15, 0.2) is 0 Å². The lowest BCUT2D eigenvalue weighted by molar-refractivity contribution is -0.131. The predicted molar refractivity (Wildman–Crippen MR) is 44.3 cm³/mol. The summed E-state index contributed by atoms with van der Waals surface area (Å²) in [5.41, 5.74) is -0.744. The highest BCUT2D eigenvalue weighted by Gasteiger charge is 2.49. The summed E-state index contributed by atoms with van der Waals surface area (Å²) in [5, 5.41) is 0. The third kappa shape index (κ3) is 0.838. The van der Waals surface area contributed by atoms with E-state index in [4.69, 9.17) is 0 Å². The minimum Gasteiger partial charge on any atom is -0.313 e. The summed E-state index contributed by atoms with van der Waals surface area (Å²) in [5.74, 6) is -0.176. The van der Waals surface area contributed by atoms with Gasteiger partial charge in [-0.05, 0) is 13.3 Å². The molecule has 12 heavy (non-hydrogen) atoms. The summed E-state index contributed by atoms with van der Waals surface area (Å²) < 4.78 is 0. The molecule has 4 nitrogen and oxygen atoms in total. The SMILES string of the molecule is [CH2]CC1(C)C(=O)N(C)C(=O)N1C. The predicted octanol–water partition coefficient (Wildman–Crippen LogP) is 0.493. The van der Waals surface area contributed by atoms with E-state index in [2.05, 4.69) is 6.92 Å². The van der Waals surface area contributed by atoms with Crippen LogP contribution in [0.4, 0.5) is 4.79 Å². The first-order valence-corrected chi connectivity index (χ1v) is 3.80. The van der Waals surface area contributed by atoms with Crippen molar-refractivity contribution in [2.45, 2.75) is 18.9 Å². The normalized spacial score (nSPS) is 30.3. The van der Waals surface area contributed by atoms with Crippen LogP contribution in [-0.4, -0.2) is 41.4 Å². The van der Waals surface area contributed by atoms with Gasteiger partial charge in [0.25, 0.3) is 5.91 Å². The third-order valence-electron chi connectivity index (χ3n) is 2.57. The van der Waals surface area contributed by atoms with E-state index in [9.17, 15) is 9.59 Å². The van der Waals surface area contributed by atoms with Crippen LogP contribution in [0.3, 0.4) is 0 Å². The summed E-state index contributed by atoms with van der Waals surface area (Å²) in [6.45, 7) is 5.39. The molecule has 1 heterocycles. The molecular formula is C8H13N2O2. The lowest BCUT2D eigenvalue weighted by Gasteiger charge is -2.26.